The van der Waals surface area contributed by atoms with Gasteiger partial charge in [-0.1, -0.05) is 30.3 Å². The average Bonchev–Trinajstić information content (AvgIpc) is 2.81. The molecule has 0 unspecified atom stereocenters. The molecule has 0 atom stereocenters. The summed E-state index contributed by atoms with van der Waals surface area (Å²) in [6.07, 6.45) is 1.75. The molecule has 0 radical (unpaired) electrons. The van der Waals surface area contributed by atoms with Crippen LogP contribution in [-0.4, -0.2) is 21.7 Å². The fraction of sp³-hybridized carbons (Fsp3) is 0.105. The van der Waals surface area contributed by atoms with Crippen LogP contribution >= 0.6 is 0 Å². The van der Waals surface area contributed by atoms with E-state index in [1.807, 2.05) is 31.2 Å². The van der Waals surface area contributed by atoms with E-state index in [0.29, 0.717) is 11.1 Å². The number of para-hydroxylation sites is 1. The van der Waals surface area contributed by atoms with E-state index in [-0.39, 0.29) is 18.4 Å². The quantitative estimate of drug-likeness (QED) is 0.682. The minimum Gasteiger partial charge on any atom is -0.270 e. The molecule has 0 saturated carbocycles. The number of imide groups is 1. The lowest BCUT2D eigenvalue weighted by molar-refractivity contribution is 0.0643. The summed E-state index contributed by atoms with van der Waals surface area (Å²) in [5.74, 6) is -0.481. The van der Waals surface area contributed by atoms with Crippen molar-refractivity contribution in [1.29, 1.82) is 0 Å². The summed E-state index contributed by atoms with van der Waals surface area (Å²) in [5.41, 5.74) is 3.78. The van der Waals surface area contributed by atoms with Crippen molar-refractivity contribution in [2.45, 2.75) is 13.5 Å². The fourth-order valence-corrected chi connectivity index (χ4v) is 3.06. The molecule has 2 heterocycles. The first-order valence-electron chi connectivity index (χ1n) is 7.45. The van der Waals surface area contributed by atoms with E-state index >= 15 is 0 Å². The van der Waals surface area contributed by atoms with E-state index in [2.05, 4.69) is 4.98 Å². The third-order valence-corrected chi connectivity index (χ3v) is 4.28. The zero-order valence-corrected chi connectivity index (χ0v) is 12.6. The van der Waals surface area contributed by atoms with Crippen LogP contribution in [0.4, 0.5) is 0 Å². The molecule has 3 aromatic rings. The number of pyridine rings is 1. The van der Waals surface area contributed by atoms with Crippen molar-refractivity contribution < 1.29 is 9.59 Å². The topological polar surface area (TPSA) is 50.3 Å². The molecule has 0 spiro atoms. The van der Waals surface area contributed by atoms with Crippen LogP contribution in [0.2, 0.25) is 0 Å². The van der Waals surface area contributed by atoms with E-state index in [0.717, 1.165) is 22.0 Å². The molecule has 4 nitrogen and oxygen atoms in total. The Labute approximate surface area is 133 Å². The number of carbonyl (C=O) groups is 2. The van der Waals surface area contributed by atoms with Gasteiger partial charge in [-0.25, -0.2) is 0 Å². The number of hydrogen-bond acceptors (Lipinski definition) is 3. The summed E-state index contributed by atoms with van der Waals surface area (Å²) in [5, 5.41) is 1.04. The molecule has 0 N–H and O–H groups in total. The van der Waals surface area contributed by atoms with Gasteiger partial charge in [0.15, 0.2) is 0 Å². The van der Waals surface area contributed by atoms with Crippen LogP contribution in [0.1, 0.15) is 31.8 Å². The van der Waals surface area contributed by atoms with Crippen molar-refractivity contribution in [2.75, 3.05) is 0 Å². The van der Waals surface area contributed by atoms with Gasteiger partial charge in [-0.2, -0.15) is 0 Å². The molecule has 2 amide bonds. The van der Waals surface area contributed by atoms with Gasteiger partial charge in [0.05, 0.1) is 23.2 Å². The highest BCUT2D eigenvalue weighted by molar-refractivity contribution is 6.21. The third kappa shape index (κ3) is 2.03. The molecular formula is C19H14N2O2. The smallest absolute Gasteiger partial charge is 0.261 e. The van der Waals surface area contributed by atoms with Crippen molar-refractivity contribution in [1.82, 2.24) is 9.88 Å². The molecule has 4 heteroatoms. The van der Waals surface area contributed by atoms with Gasteiger partial charge in [-0.3, -0.25) is 19.5 Å². The van der Waals surface area contributed by atoms with Crippen LogP contribution in [0, 0.1) is 6.92 Å². The molecule has 0 bridgehead atoms. The minimum atomic E-state index is -0.241. The fourth-order valence-electron chi connectivity index (χ4n) is 3.06. The third-order valence-electron chi connectivity index (χ3n) is 4.28. The van der Waals surface area contributed by atoms with Gasteiger partial charge in [0.25, 0.3) is 11.8 Å². The van der Waals surface area contributed by atoms with Crippen molar-refractivity contribution in [3.8, 4) is 0 Å². The van der Waals surface area contributed by atoms with Crippen molar-refractivity contribution in [3.63, 3.8) is 0 Å². The van der Waals surface area contributed by atoms with Gasteiger partial charge in [0.2, 0.25) is 0 Å². The number of benzene rings is 2. The van der Waals surface area contributed by atoms with Crippen LogP contribution < -0.4 is 0 Å². The summed E-state index contributed by atoms with van der Waals surface area (Å²) < 4.78 is 0. The van der Waals surface area contributed by atoms with Gasteiger partial charge in [0.1, 0.15) is 0 Å². The lowest BCUT2D eigenvalue weighted by atomic mass is 10.1. The zero-order valence-electron chi connectivity index (χ0n) is 12.6. The van der Waals surface area contributed by atoms with Gasteiger partial charge in [-0.15, -0.1) is 0 Å². The zero-order chi connectivity index (χ0) is 16.0. The maximum Gasteiger partial charge on any atom is 0.261 e. The van der Waals surface area contributed by atoms with Gasteiger partial charge in [-0.05, 0) is 36.2 Å². The molecule has 112 valence electrons. The average molecular weight is 302 g/mol. The number of hydrogen-bond donors (Lipinski definition) is 0. The standard InChI is InChI=1S/C19H14N2O2/c1-12-9-10-20-17-13(5-4-8-14(12)17)11-21-18(22)15-6-2-3-7-16(15)19(21)23/h2-10H,11H2,1H3. The van der Waals surface area contributed by atoms with E-state index in [1.165, 1.54) is 4.90 Å². The molecule has 0 saturated heterocycles. The number of rotatable bonds is 2. The van der Waals surface area contributed by atoms with Crippen LogP contribution in [-0.2, 0) is 6.54 Å². The molecule has 1 aliphatic heterocycles. The molecule has 0 fully saturated rings. The second-order valence-electron chi connectivity index (χ2n) is 5.68. The predicted molar refractivity (Wildman–Crippen MR) is 87.1 cm³/mol. The van der Waals surface area contributed by atoms with Crippen LogP contribution in [0.15, 0.2) is 54.7 Å². The first-order valence-corrected chi connectivity index (χ1v) is 7.45. The number of fused-ring (bicyclic) bond motifs is 2. The monoisotopic (exact) mass is 302 g/mol. The highest BCUT2D eigenvalue weighted by Crippen LogP contribution is 2.27. The minimum absolute atomic E-state index is 0.236. The molecule has 2 aromatic carbocycles. The Morgan fingerprint density at radius 1 is 0.913 bits per heavy atom. The maximum atomic E-state index is 12.5. The molecule has 1 aliphatic rings. The van der Waals surface area contributed by atoms with Crippen molar-refractivity contribution in [3.05, 3.63) is 77.0 Å². The molecule has 1 aromatic heterocycles. The highest BCUT2D eigenvalue weighted by Gasteiger charge is 2.35. The summed E-state index contributed by atoms with van der Waals surface area (Å²) >= 11 is 0. The van der Waals surface area contributed by atoms with E-state index in [9.17, 15) is 9.59 Å². The predicted octanol–water partition coefficient (Wildman–Crippen LogP) is 3.34. The Hall–Kier alpha value is -3.01. The van der Waals surface area contributed by atoms with E-state index in [1.54, 1.807) is 30.5 Å². The second kappa shape index (κ2) is 5.02. The van der Waals surface area contributed by atoms with Crippen LogP contribution in [0.3, 0.4) is 0 Å². The second-order valence-corrected chi connectivity index (χ2v) is 5.68. The number of carbonyl (C=O) groups excluding carboxylic acids is 2. The van der Waals surface area contributed by atoms with Crippen molar-refractivity contribution >= 4 is 22.7 Å². The molecule has 0 aliphatic carbocycles. The van der Waals surface area contributed by atoms with Gasteiger partial charge in [0, 0.05) is 11.6 Å². The normalized spacial score (nSPS) is 13.7. The van der Waals surface area contributed by atoms with E-state index in [4.69, 9.17) is 0 Å². The summed E-state index contributed by atoms with van der Waals surface area (Å²) in [6.45, 7) is 2.26. The Morgan fingerprint density at radius 2 is 1.61 bits per heavy atom. The maximum absolute atomic E-state index is 12.5. The number of amides is 2. The summed E-state index contributed by atoms with van der Waals surface area (Å²) in [4.78, 5) is 30.7. The van der Waals surface area contributed by atoms with E-state index < -0.39 is 0 Å². The first kappa shape index (κ1) is 13.6. The number of nitrogens with zero attached hydrogens (tertiary/aromatic N) is 2. The Balaban J connectivity index is 1.77. The van der Waals surface area contributed by atoms with Gasteiger partial charge >= 0.3 is 0 Å². The lowest BCUT2D eigenvalue weighted by Gasteiger charge is -2.15. The van der Waals surface area contributed by atoms with Crippen molar-refractivity contribution in [2.24, 2.45) is 0 Å². The van der Waals surface area contributed by atoms with Gasteiger partial charge < -0.3 is 0 Å². The molecule has 4 rings (SSSR count). The number of aryl methyl sites for hydroxylation is 1. The molecule has 23 heavy (non-hydrogen) atoms. The SMILES string of the molecule is Cc1ccnc2c(CN3C(=O)c4ccccc4C3=O)cccc12. The highest BCUT2D eigenvalue weighted by atomic mass is 16.2. The van der Waals surface area contributed by atoms with Crippen LogP contribution in [0.5, 0.6) is 0 Å². The lowest BCUT2D eigenvalue weighted by Crippen LogP contribution is -2.29. The number of aromatic nitrogens is 1. The largest absolute Gasteiger partial charge is 0.270 e. The molecular weight excluding hydrogens is 288 g/mol. The Bertz CT molecular complexity index is 927. The Morgan fingerprint density at radius 3 is 2.30 bits per heavy atom. The summed E-state index contributed by atoms with van der Waals surface area (Å²) in [6, 6.07) is 14.7. The Kier molecular flexibility index (Phi) is 2.98. The van der Waals surface area contributed by atoms with Crippen LogP contribution in [0.25, 0.3) is 10.9 Å². The first-order chi connectivity index (χ1) is 11.2. The summed E-state index contributed by atoms with van der Waals surface area (Å²) in [7, 11) is 0.